The van der Waals surface area contributed by atoms with E-state index < -0.39 is 5.97 Å². The van der Waals surface area contributed by atoms with Crippen molar-refractivity contribution in [2.24, 2.45) is 0 Å². The zero-order valence-electron chi connectivity index (χ0n) is 7.96. The highest BCUT2D eigenvalue weighted by Gasteiger charge is 2.17. The number of nitrogens with zero attached hydrogens (tertiary/aromatic N) is 1. The van der Waals surface area contributed by atoms with Crippen molar-refractivity contribution in [3.63, 3.8) is 0 Å². The molecule has 14 heavy (non-hydrogen) atoms. The predicted molar refractivity (Wildman–Crippen MR) is 53.2 cm³/mol. The maximum atomic E-state index is 11.4. The molecule has 0 aromatic carbocycles. The summed E-state index contributed by atoms with van der Waals surface area (Å²) >= 11 is 1.35. The zero-order valence-corrected chi connectivity index (χ0v) is 8.77. The number of rotatable bonds is 3. The Kier molecular flexibility index (Phi) is 3.60. The lowest BCUT2D eigenvalue weighted by Gasteiger charge is -2.01. The predicted octanol–water partition coefficient (Wildman–Crippen LogP) is 1.78. The van der Waals surface area contributed by atoms with Crippen LogP contribution in [0.4, 0.5) is 0 Å². The molecule has 1 heterocycles. The quantitative estimate of drug-likeness (QED) is 0.610. The molecule has 0 fully saturated rings. The van der Waals surface area contributed by atoms with Crippen LogP contribution in [0.2, 0.25) is 0 Å². The summed E-state index contributed by atoms with van der Waals surface area (Å²) in [7, 11) is 0. The van der Waals surface area contributed by atoms with Gasteiger partial charge in [0.2, 0.25) is 0 Å². The standard InChI is InChI=1S/C9H10N2O2S/c1-3-13-9(12)7-8(14-2)6(4-10)5-11-7/h5,11H,3H2,1-2H3. The maximum absolute atomic E-state index is 11.4. The Morgan fingerprint density at radius 1 is 1.79 bits per heavy atom. The molecule has 0 amide bonds. The van der Waals surface area contributed by atoms with E-state index in [1.54, 1.807) is 6.92 Å². The Balaban J connectivity index is 3.04. The number of aromatic amines is 1. The van der Waals surface area contributed by atoms with Gasteiger partial charge in [-0.3, -0.25) is 0 Å². The zero-order chi connectivity index (χ0) is 10.6. The van der Waals surface area contributed by atoms with Crippen molar-refractivity contribution < 1.29 is 9.53 Å². The van der Waals surface area contributed by atoms with Gasteiger partial charge in [-0.15, -0.1) is 11.8 Å². The molecule has 0 bridgehead atoms. The van der Waals surface area contributed by atoms with Crippen LogP contribution in [0, 0.1) is 11.3 Å². The third kappa shape index (κ3) is 1.91. The lowest BCUT2D eigenvalue weighted by Crippen LogP contribution is -2.06. The number of hydrogen-bond acceptors (Lipinski definition) is 4. The maximum Gasteiger partial charge on any atom is 0.355 e. The van der Waals surface area contributed by atoms with Gasteiger partial charge in [0.05, 0.1) is 17.1 Å². The van der Waals surface area contributed by atoms with E-state index in [0.717, 1.165) is 0 Å². The molecule has 0 aliphatic carbocycles. The molecule has 0 spiro atoms. The van der Waals surface area contributed by atoms with Crippen molar-refractivity contribution in [2.75, 3.05) is 12.9 Å². The lowest BCUT2D eigenvalue weighted by molar-refractivity contribution is 0.0516. The monoisotopic (exact) mass is 210 g/mol. The molecule has 0 aliphatic heterocycles. The lowest BCUT2D eigenvalue weighted by atomic mass is 10.3. The van der Waals surface area contributed by atoms with Crippen LogP contribution in [0.15, 0.2) is 11.1 Å². The molecule has 1 N–H and O–H groups in total. The van der Waals surface area contributed by atoms with E-state index in [9.17, 15) is 4.79 Å². The van der Waals surface area contributed by atoms with Gasteiger partial charge < -0.3 is 9.72 Å². The number of nitrogens with one attached hydrogen (secondary N) is 1. The first kappa shape index (κ1) is 10.7. The molecular weight excluding hydrogens is 200 g/mol. The summed E-state index contributed by atoms with van der Waals surface area (Å²) in [6, 6.07) is 2.00. The third-order valence-electron chi connectivity index (χ3n) is 1.64. The molecule has 5 heteroatoms. The third-order valence-corrected chi connectivity index (χ3v) is 2.47. The second-order valence-corrected chi connectivity index (χ2v) is 3.26. The smallest absolute Gasteiger partial charge is 0.355 e. The fourth-order valence-corrected chi connectivity index (χ4v) is 1.73. The molecule has 0 saturated heterocycles. The van der Waals surface area contributed by atoms with E-state index in [-0.39, 0.29) is 0 Å². The van der Waals surface area contributed by atoms with Crippen molar-refractivity contribution in [2.45, 2.75) is 11.8 Å². The van der Waals surface area contributed by atoms with Gasteiger partial charge >= 0.3 is 5.97 Å². The number of carbonyl (C=O) groups excluding carboxylic acids is 1. The number of aromatic nitrogens is 1. The average Bonchev–Trinajstić information content (AvgIpc) is 2.60. The van der Waals surface area contributed by atoms with Crippen LogP contribution >= 0.6 is 11.8 Å². The number of thioether (sulfide) groups is 1. The minimum Gasteiger partial charge on any atom is -0.461 e. The molecule has 0 saturated carbocycles. The summed E-state index contributed by atoms with van der Waals surface area (Å²) in [5.74, 6) is -0.418. The fraction of sp³-hybridized carbons (Fsp3) is 0.333. The van der Waals surface area contributed by atoms with E-state index in [1.165, 1.54) is 18.0 Å². The Labute approximate surface area is 86.3 Å². The summed E-state index contributed by atoms with van der Waals surface area (Å²) in [6.07, 6.45) is 3.32. The van der Waals surface area contributed by atoms with E-state index in [4.69, 9.17) is 10.00 Å². The van der Waals surface area contributed by atoms with Crippen molar-refractivity contribution in [1.82, 2.24) is 4.98 Å². The van der Waals surface area contributed by atoms with Crippen molar-refractivity contribution in [3.05, 3.63) is 17.5 Å². The van der Waals surface area contributed by atoms with Crippen LogP contribution in [0.5, 0.6) is 0 Å². The largest absolute Gasteiger partial charge is 0.461 e. The van der Waals surface area contributed by atoms with Crippen LogP contribution in [0.25, 0.3) is 0 Å². The van der Waals surface area contributed by atoms with Gasteiger partial charge in [-0.05, 0) is 13.2 Å². The normalized spacial score (nSPS) is 9.50. The van der Waals surface area contributed by atoms with Gasteiger partial charge in [0.15, 0.2) is 0 Å². The summed E-state index contributed by atoms with van der Waals surface area (Å²) in [6.45, 7) is 2.07. The molecular formula is C9H10N2O2S. The molecule has 0 atom stereocenters. The summed E-state index contributed by atoms with van der Waals surface area (Å²) in [5, 5.41) is 8.74. The summed E-state index contributed by atoms with van der Waals surface area (Å²) in [4.78, 5) is 14.8. The second kappa shape index (κ2) is 4.72. The highest BCUT2D eigenvalue weighted by atomic mass is 32.2. The number of carbonyl (C=O) groups is 1. The minimum absolute atomic E-state index is 0.327. The first-order chi connectivity index (χ1) is 6.74. The van der Waals surface area contributed by atoms with E-state index >= 15 is 0 Å². The van der Waals surface area contributed by atoms with Crippen molar-refractivity contribution in [3.8, 4) is 6.07 Å². The number of esters is 1. The Morgan fingerprint density at radius 2 is 2.50 bits per heavy atom. The van der Waals surface area contributed by atoms with Gasteiger partial charge in [0, 0.05) is 6.20 Å². The molecule has 0 radical (unpaired) electrons. The number of nitriles is 1. The van der Waals surface area contributed by atoms with Crippen LogP contribution in [0.3, 0.4) is 0 Å². The Hall–Kier alpha value is -1.41. The summed E-state index contributed by atoms with van der Waals surface area (Å²) < 4.78 is 4.84. The molecule has 1 aromatic heterocycles. The molecule has 0 aliphatic rings. The number of H-pyrrole nitrogens is 1. The number of hydrogen-bond donors (Lipinski definition) is 1. The Morgan fingerprint density at radius 3 is 3.00 bits per heavy atom. The van der Waals surface area contributed by atoms with Crippen LogP contribution in [-0.4, -0.2) is 23.8 Å². The van der Waals surface area contributed by atoms with E-state index in [2.05, 4.69) is 4.98 Å². The van der Waals surface area contributed by atoms with E-state index in [0.29, 0.717) is 22.8 Å². The van der Waals surface area contributed by atoms with Gasteiger partial charge in [-0.25, -0.2) is 4.79 Å². The molecule has 74 valence electrons. The van der Waals surface area contributed by atoms with Gasteiger partial charge in [-0.2, -0.15) is 5.26 Å². The van der Waals surface area contributed by atoms with Gasteiger partial charge in [0.1, 0.15) is 11.8 Å². The van der Waals surface area contributed by atoms with Crippen LogP contribution in [-0.2, 0) is 4.74 Å². The molecule has 1 aromatic rings. The van der Waals surface area contributed by atoms with Gasteiger partial charge in [-0.1, -0.05) is 0 Å². The average molecular weight is 210 g/mol. The molecule has 4 nitrogen and oxygen atoms in total. The number of ether oxygens (including phenoxy) is 1. The molecule has 1 rings (SSSR count). The first-order valence-corrected chi connectivity index (χ1v) is 5.29. The van der Waals surface area contributed by atoms with E-state index in [1.807, 2.05) is 12.3 Å². The first-order valence-electron chi connectivity index (χ1n) is 4.07. The van der Waals surface area contributed by atoms with Gasteiger partial charge in [0.25, 0.3) is 0 Å². The second-order valence-electron chi connectivity index (χ2n) is 2.44. The SMILES string of the molecule is CCOC(=O)c1[nH]cc(C#N)c1SC. The van der Waals surface area contributed by atoms with Crippen molar-refractivity contribution >= 4 is 17.7 Å². The molecule has 0 unspecified atom stereocenters. The highest BCUT2D eigenvalue weighted by molar-refractivity contribution is 7.98. The highest BCUT2D eigenvalue weighted by Crippen LogP contribution is 2.24. The van der Waals surface area contributed by atoms with Crippen LogP contribution in [0.1, 0.15) is 23.0 Å². The van der Waals surface area contributed by atoms with Crippen molar-refractivity contribution in [1.29, 1.82) is 5.26 Å². The topological polar surface area (TPSA) is 65.9 Å². The fourth-order valence-electron chi connectivity index (χ4n) is 1.06. The minimum atomic E-state index is -0.418. The Bertz CT molecular complexity index is 379. The van der Waals surface area contributed by atoms with Crippen LogP contribution < -0.4 is 0 Å². The summed E-state index contributed by atoms with van der Waals surface area (Å²) in [5.41, 5.74) is 0.830.